The molecule has 1 aromatic carbocycles. The lowest BCUT2D eigenvalue weighted by Crippen LogP contribution is -2.48. The zero-order chi connectivity index (χ0) is 20.6. The van der Waals surface area contributed by atoms with Crippen LogP contribution in [-0.2, 0) is 0 Å². The number of nitriles is 1. The summed E-state index contributed by atoms with van der Waals surface area (Å²) in [7, 11) is 0. The summed E-state index contributed by atoms with van der Waals surface area (Å²) in [6, 6.07) is 7.50. The fourth-order valence-electron chi connectivity index (χ4n) is 4.15. The summed E-state index contributed by atoms with van der Waals surface area (Å²) in [5.74, 6) is 0.683. The van der Waals surface area contributed by atoms with E-state index in [1.54, 1.807) is 12.4 Å². The molecule has 152 valence electrons. The standard InChI is InChI=1S/C23H25F2N3O/c1-22(14-26)21(24)11-17(12-23(22,2)25)16-9-15-3-6-28-13-19(15)20(10-16)29-18-4-7-27-8-5-18/h3,6,9-11,13,18,21,27H,4-5,7-8,12H2,1-2H3. The number of nitrogens with one attached hydrogen (secondary N) is 1. The van der Waals surface area contributed by atoms with Gasteiger partial charge in [-0.3, -0.25) is 4.98 Å². The lowest BCUT2D eigenvalue weighted by molar-refractivity contribution is 0.0149. The molecule has 0 saturated carbocycles. The van der Waals surface area contributed by atoms with Gasteiger partial charge in [0.05, 0.1) is 6.07 Å². The second-order valence-corrected chi connectivity index (χ2v) is 8.42. The fourth-order valence-corrected chi connectivity index (χ4v) is 4.15. The van der Waals surface area contributed by atoms with E-state index in [-0.39, 0.29) is 12.5 Å². The Kier molecular flexibility index (Phi) is 5.04. The van der Waals surface area contributed by atoms with Crippen LogP contribution in [0.1, 0.15) is 38.7 Å². The first-order valence-corrected chi connectivity index (χ1v) is 10.0. The van der Waals surface area contributed by atoms with Gasteiger partial charge in [-0.25, -0.2) is 8.78 Å². The zero-order valence-electron chi connectivity index (χ0n) is 16.7. The molecule has 29 heavy (non-hydrogen) atoms. The molecule has 1 N–H and O–H groups in total. The highest BCUT2D eigenvalue weighted by Crippen LogP contribution is 2.50. The number of piperidine rings is 1. The summed E-state index contributed by atoms with van der Waals surface area (Å²) in [5.41, 5.74) is -2.40. The van der Waals surface area contributed by atoms with Crippen LogP contribution in [0.25, 0.3) is 16.3 Å². The molecule has 0 amide bonds. The molecule has 1 saturated heterocycles. The van der Waals surface area contributed by atoms with E-state index in [1.165, 1.54) is 19.9 Å². The third-order valence-corrected chi connectivity index (χ3v) is 6.41. The molecule has 0 spiro atoms. The third kappa shape index (κ3) is 3.49. The predicted octanol–water partition coefficient (Wildman–Crippen LogP) is 4.75. The first kappa shape index (κ1) is 19.8. The van der Waals surface area contributed by atoms with Crippen molar-refractivity contribution in [2.75, 3.05) is 13.1 Å². The smallest absolute Gasteiger partial charge is 0.140 e. The number of alkyl halides is 2. The number of hydrogen-bond donors (Lipinski definition) is 1. The van der Waals surface area contributed by atoms with Crippen LogP contribution in [-0.4, -0.2) is 36.0 Å². The molecule has 2 aromatic rings. The van der Waals surface area contributed by atoms with Gasteiger partial charge in [0.1, 0.15) is 29.1 Å². The van der Waals surface area contributed by atoms with Gasteiger partial charge >= 0.3 is 0 Å². The van der Waals surface area contributed by atoms with E-state index in [9.17, 15) is 9.65 Å². The summed E-state index contributed by atoms with van der Waals surface area (Å²) in [4.78, 5) is 4.21. The van der Waals surface area contributed by atoms with E-state index in [0.29, 0.717) is 11.3 Å². The summed E-state index contributed by atoms with van der Waals surface area (Å²) in [5, 5.41) is 14.5. The van der Waals surface area contributed by atoms with Gasteiger partial charge < -0.3 is 10.1 Å². The Morgan fingerprint density at radius 1 is 1.28 bits per heavy atom. The monoisotopic (exact) mass is 397 g/mol. The van der Waals surface area contributed by atoms with Gasteiger partial charge in [-0.1, -0.05) is 0 Å². The SMILES string of the molecule is CC1(F)CC(c2cc(OC3CCNCC3)c3cnccc3c2)=CC(F)C1(C)C#N. The van der Waals surface area contributed by atoms with E-state index in [2.05, 4.69) is 10.3 Å². The number of rotatable bonds is 3. The molecule has 1 aliphatic heterocycles. The fraction of sp³-hybridized carbons (Fsp3) is 0.478. The van der Waals surface area contributed by atoms with Crippen molar-refractivity contribution < 1.29 is 13.5 Å². The number of aromatic nitrogens is 1. The predicted molar refractivity (Wildman–Crippen MR) is 109 cm³/mol. The van der Waals surface area contributed by atoms with Crippen LogP contribution in [0.3, 0.4) is 0 Å². The number of ether oxygens (including phenoxy) is 1. The van der Waals surface area contributed by atoms with E-state index >= 15 is 4.39 Å². The maximum atomic E-state index is 15.3. The van der Waals surface area contributed by atoms with E-state index < -0.39 is 17.3 Å². The number of allylic oxidation sites excluding steroid dienone is 2. The van der Waals surface area contributed by atoms with E-state index in [1.807, 2.05) is 24.3 Å². The Morgan fingerprint density at radius 2 is 2.03 bits per heavy atom. The lowest BCUT2D eigenvalue weighted by atomic mass is 9.66. The molecule has 1 fully saturated rings. The summed E-state index contributed by atoms with van der Waals surface area (Å²) < 4.78 is 36.5. The average molecular weight is 397 g/mol. The van der Waals surface area contributed by atoms with Crippen LogP contribution in [0, 0.1) is 16.7 Å². The van der Waals surface area contributed by atoms with Crippen molar-refractivity contribution in [1.29, 1.82) is 5.26 Å². The molecule has 3 atom stereocenters. The largest absolute Gasteiger partial charge is 0.490 e. The highest BCUT2D eigenvalue weighted by molar-refractivity contribution is 5.91. The van der Waals surface area contributed by atoms with Gasteiger partial charge in [-0.05, 0) is 80.6 Å². The second kappa shape index (κ2) is 7.38. The van der Waals surface area contributed by atoms with Crippen LogP contribution in [0.2, 0.25) is 0 Å². The molecule has 2 aliphatic rings. The Balaban J connectivity index is 1.76. The van der Waals surface area contributed by atoms with Crippen molar-refractivity contribution >= 4 is 16.3 Å². The normalized spacial score (nSPS) is 30.6. The van der Waals surface area contributed by atoms with Crippen LogP contribution in [0.4, 0.5) is 8.78 Å². The van der Waals surface area contributed by atoms with Gasteiger partial charge in [0.15, 0.2) is 0 Å². The molecule has 6 heteroatoms. The minimum atomic E-state index is -1.98. The number of halogens is 2. The van der Waals surface area contributed by atoms with Crippen LogP contribution in [0.5, 0.6) is 5.75 Å². The van der Waals surface area contributed by atoms with Crippen molar-refractivity contribution in [3.63, 3.8) is 0 Å². The first-order chi connectivity index (χ1) is 13.8. The molecule has 2 heterocycles. The molecule has 4 rings (SSSR count). The van der Waals surface area contributed by atoms with Crippen molar-refractivity contribution in [3.05, 3.63) is 42.2 Å². The van der Waals surface area contributed by atoms with Crippen molar-refractivity contribution in [2.45, 2.75) is 51.1 Å². The van der Waals surface area contributed by atoms with Crippen molar-refractivity contribution in [2.24, 2.45) is 5.41 Å². The molecule has 1 aromatic heterocycles. The number of nitrogens with zero attached hydrogens (tertiary/aromatic N) is 2. The summed E-state index contributed by atoms with van der Waals surface area (Å²) in [6.45, 7) is 4.47. The van der Waals surface area contributed by atoms with Crippen molar-refractivity contribution in [1.82, 2.24) is 10.3 Å². The maximum Gasteiger partial charge on any atom is 0.140 e. The van der Waals surface area contributed by atoms with E-state index in [0.717, 1.165) is 42.3 Å². The first-order valence-electron chi connectivity index (χ1n) is 10.0. The van der Waals surface area contributed by atoms with Gasteiger partial charge in [0, 0.05) is 24.2 Å². The molecule has 0 radical (unpaired) electrons. The number of hydrogen-bond acceptors (Lipinski definition) is 4. The number of fused-ring (bicyclic) bond motifs is 1. The van der Waals surface area contributed by atoms with Crippen LogP contribution < -0.4 is 10.1 Å². The zero-order valence-corrected chi connectivity index (χ0v) is 16.7. The average Bonchev–Trinajstić information content (AvgIpc) is 2.72. The third-order valence-electron chi connectivity index (χ3n) is 6.41. The minimum Gasteiger partial charge on any atom is -0.490 e. The van der Waals surface area contributed by atoms with Gasteiger partial charge in [0.2, 0.25) is 0 Å². The highest BCUT2D eigenvalue weighted by Gasteiger charge is 2.54. The number of pyridine rings is 1. The van der Waals surface area contributed by atoms with Gasteiger partial charge in [-0.2, -0.15) is 5.26 Å². The van der Waals surface area contributed by atoms with Gasteiger partial charge in [-0.15, -0.1) is 0 Å². The van der Waals surface area contributed by atoms with E-state index in [4.69, 9.17) is 4.74 Å². The molecular weight excluding hydrogens is 372 g/mol. The molecule has 0 bridgehead atoms. The summed E-state index contributed by atoms with van der Waals surface area (Å²) in [6.07, 6.45) is 5.04. The van der Waals surface area contributed by atoms with Gasteiger partial charge in [0.25, 0.3) is 0 Å². The Morgan fingerprint density at radius 3 is 2.72 bits per heavy atom. The molecule has 1 aliphatic carbocycles. The lowest BCUT2D eigenvalue weighted by Gasteiger charge is -2.41. The highest BCUT2D eigenvalue weighted by atomic mass is 19.2. The quantitative estimate of drug-likeness (QED) is 0.812. The van der Waals surface area contributed by atoms with Crippen LogP contribution >= 0.6 is 0 Å². The summed E-state index contributed by atoms with van der Waals surface area (Å²) >= 11 is 0. The Bertz CT molecular complexity index is 991. The molecule has 3 unspecified atom stereocenters. The second-order valence-electron chi connectivity index (χ2n) is 8.42. The minimum absolute atomic E-state index is 0.0269. The topological polar surface area (TPSA) is 57.9 Å². The number of benzene rings is 1. The molecular formula is C23H25F2N3O. The molecule has 4 nitrogen and oxygen atoms in total. The maximum absolute atomic E-state index is 15.3. The Labute approximate surface area is 169 Å². The Hall–Kier alpha value is -2.52. The van der Waals surface area contributed by atoms with Crippen LogP contribution in [0.15, 0.2) is 36.7 Å². The van der Waals surface area contributed by atoms with Crippen molar-refractivity contribution in [3.8, 4) is 11.8 Å².